The number of nitrogens with zero attached hydrogens (tertiary/aromatic N) is 4. The third-order valence-electron chi connectivity index (χ3n) is 3.52. The number of carbonyl (C=O) groups is 1. The predicted octanol–water partition coefficient (Wildman–Crippen LogP) is 1.87. The first kappa shape index (κ1) is 13.8. The Balaban J connectivity index is 2.27. The highest BCUT2D eigenvalue weighted by molar-refractivity contribution is 5.93. The van der Waals surface area contributed by atoms with Gasteiger partial charge in [0.15, 0.2) is 0 Å². The second kappa shape index (κ2) is 5.99. The molecule has 1 aliphatic heterocycles. The fourth-order valence-electron chi connectivity index (χ4n) is 2.45. The molecule has 0 N–H and O–H groups in total. The van der Waals surface area contributed by atoms with Gasteiger partial charge in [-0.1, -0.05) is 0 Å². The van der Waals surface area contributed by atoms with Crippen molar-refractivity contribution in [3.63, 3.8) is 0 Å². The molecule has 104 valence electrons. The Morgan fingerprint density at radius 1 is 1.26 bits per heavy atom. The molecule has 1 aliphatic rings. The van der Waals surface area contributed by atoms with Gasteiger partial charge in [-0.05, 0) is 33.6 Å². The van der Waals surface area contributed by atoms with E-state index in [2.05, 4.69) is 28.7 Å². The molecule has 0 bridgehead atoms. The molecule has 1 fully saturated rings. The van der Waals surface area contributed by atoms with E-state index in [9.17, 15) is 4.79 Å². The van der Waals surface area contributed by atoms with Gasteiger partial charge in [0.1, 0.15) is 17.3 Å². The molecule has 0 saturated carbocycles. The Labute approximate surface area is 114 Å². The van der Waals surface area contributed by atoms with Gasteiger partial charge in [-0.3, -0.25) is 4.79 Å². The molecule has 1 aromatic rings. The molecule has 2 heterocycles. The van der Waals surface area contributed by atoms with Gasteiger partial charge in [0.2, 0.25) is 0 Å². The van der Waals surface area contributed by atoms with Gasteiger partial charge in [0.05, 0.1) is 0 Å². The molecule has 0 unspecified atom stereocenters. The smallest absolute Gasteiger partial charge is 0.272 e. The van der Waals surface area contributed by atoms with Crippen LogP contribution in [-0.4, -0.2) is 47.0 Å². The van der Waals surface area contributed by atoms with Crippen LogP contribution in [0.4, 0.5) is 5.82 Å². The van der Waals surface area contributed by atoms with Gasteiger partial charge in [0.25, 0.3) is 5.91 Å². The molecule has 0 aliphatic carbocycles. The molecule has 19 heavy (non-hydrogen) atoms. The zero-order valence-electron chi connectivity index (χ0n) is 12.0. The lowest BCUT2D eigenvalue weighted by Crippen LogP contribution is -2.30. The normalized spacial score (nSPS) is 14.8. The van der Waals surface area contributed by atoms with Crippen LogP contribution in [0, 0.1) is 6.92 Å². The first-order chi connectivity index (χ1) is 9.15. The third-order valence-corrected chi connectivity index (χ3v) is 3.52. The van der Waals surface area contributed by atoms with Crippen molar-refractivity contribution in [1.29, 1.82) is 0 Å². The number of carbonyl (C=O) groups excluding carboxylic acids is 1. The minimum Gasteiger partial charge on any atom is -0.357 e. The molecule has 0 atom stereocenters. The number of aryl methyl sites for hydroxylation is 1. The summed E-state index contributed by atoms with van der Waals surface area (Å²) in [4.78, 5) is 25.1. The molecule has 2 rings (SSSR count). The van der Waals surface area contributed by atoms with E-state index in [-0.39, 0.29) is 5.91 Å². The molecular formula is C14H22N4O. The fourth-order valence-corrected chi connectivity index (χ4v) is 2.45. The number of amides is 1. The van der Waals surface area contributed by atoms with Crippen molar-refractivity contribution in [2.24, 2.45) is 0 Å². The molecule has 0 spiro atoms. The summed E-state index contributed by atoms with van der Waals surface area (Å²) in [5.41, 5.74) is 0.524. The number of hydrogen-bond donors (Lipinski definition) is 0. The molecule has 0 aromatic carbocycles. The lowest BCUT2D eigenvalue weighted by atomic mass is 10.3. The van der Waals surface area contributed by atoms with Gasteiger partial charge in [-0.2, -0.15) is 0 Å². The van der Waals surface area contributed by atoms with E-state index in [1.807, 2.05) is 17.9 Å². The molecule has 1 saturated heterocycles. The van der Waals surface area contributed by atoms with Gasteiger partial charge in [0, 0.05) is 32.2 Å². The molecule has 0 radical (unpaired) electrons. The number of anilines is 1. The van der Waals surface area contributed by atoms with Crippen LogP contribution in [0.15, 0.2) is 6.07 Å². The zero-order valence-corrected chi connectivity index (χ0v) is 12.0. The molecule has 5 heteroatoms. The zero-order chi connectivity index (χ0) is 13.8. The van der Waals surface area contributed by atoms with Crippen LogP contribution < -0.4 is 4.90 Å². The van der Waals surface area contributed by atoms with Crippen molar-refractivity contribution in [2.75, 3.05) is 31.1 Å². The Bertz CT molecular complexity index is 451. The topological polar surface area (TPSA) is 49.3 Å². The van der Waals surface area contributed by atoms with Crippen molar-refractivity contribution < 1.29 is 4.79 Å². The summed E-state index contributed by atoms with van der Waals surface area (Å²) in [6.07, 6.45) is 2.19. The van der Waals surface area contributed by atoms with Crippen molar-refractivity contribution in [3.05, 3.63) is 17.6 Å². The van der Waals surface area contributed by atoms with Crippen LogP contribution in [0.5, 0.6) is 0 Å². The van der Waals surface area contributed by atoms with Gasteiger partial charge >= 0.3 is 0 Å². The maximum Gasteiger partial charge on any atom is 0.272 e. The quantitative estimate of drug-likeness (QED) is 0.831. The van der Waals surface area contributed by atoms with Crippen molar-refractivity contribution in [3.8, 4) is 0 Å². The van der Waals surface area contributed by atoms with Crippen LogP contribution in [0.3, 0.4) is 0 Å². The van der Waals surface area contributed by atoms with Gasteiger partial charge in [-0.25, -0.2) is 9.97 Å². The molecule has 1 aromatic heterocycles. The first-order valence-corrected chi connectivity index (χ1v) is 7.05. The summed E-state index contributed by atoms with van der Waals surface area (Å²) >= 11 is 0. The average Bonchev–Trinajstić information content (AvgIpc) is 2.92. The Morgan fingerprint density at radius 3 is 2.47 bits per heavy atom. The van der Waals surface area contributed by atoms with Crippen molar-refractivity contribution in [1.82, 2.24) is 14.9 Å². The average molecular weight is 262 g/mol. The van der Waals surface area contributed by atoms with Gasteiger partial charge in [-0.15, -0.1) is 0 Å². The van der Waals surface area contributed by atoms with Crippen LogP contribution in [-0.2, 0) is 0 Å². The van der Waals surface area contributed by atoms with Crippen LogP contribution >= 0.6 is 0 Å². The summed E-state index contributed by atoms with van der Waals surface area (Å²) in [6.45, 7) is 9.47. The summed E-state index contributed by atoms with van der Waals surface area (Å²) < 4.78 is 0. The fraction of sp³-hybridized carbons (Fsp3) is 0.643. The van der Waals surface area contributed by atoms with E-state index in [1.54, 1.807) is 0 Å². The summed E-state index contributed by atoms with van der Waals surface area (Å²) in [6, 6.07) is 1.82. The predicted molar refractivity (Wildman–Crippen MR) is 75.5 cm³/mol. The minimum absolute atomic E-state index is 0.0383. The van der Waals surface area contributed by atoms with Crippen LogP contribution in [0.2, 0.25) is 0 Å². The molecular weight excluding hydrogens is 240 g/mol. The monoisotopic (exact) mass is 262 g/mol. The Kier molecular flexibility index (Phi) is 4.35. The number of rotatable bonds is 4. The maximum atomic E-state index is 12.4. The number of aromatic nitrogens is 2. The van der Waals surface area contributed by atoms with E-state index >= 15 is 0 Å². The van der Waals surface area contributed by atoms with Crippen LogP contribution in [0.25, 0.3) is 0 Å². The Hall–Kier alpha value is -1.65. The third kappa shape index (κ3) is 3.03. The van der Waals surface area contributed by atoms with E-state index in [4.69, 9.17) is 0 Å². The van der Waals surface area contributed by atoms with Gasteiger partial charge < -0.3 is 9.80 Å². The van der Waals surface area contributed by atoms with Crippen molar-refractivity contribution in [2.45, 2.75) is 33.6 Å². The second-order valence-electron chi connectivity index (χ2n) is 4.83. The van der Waals surface area contributed by atoms with E-state index in [0.29, 0.717) is 11.5 Å². The minimum atomic E-state index is 0.0383. The molecule has 5 nitrogen and oxygen atoms in total. The highest BCUT2D eigenvalue weighted by Gasteiger charge is 2.22. The molecule has 1 amide bonds. The van der Waals surface area contributed by atoms with Crippen molar-refractivity contribution >= 4 is 11.7 Å². The Morgan fingerprint density at radius 2 is 1.89 bits per heavy atom. The van der Waals surface area contributed by atoms with E-state index in [0.717, 1.165) is 44.8 Å². The highest BCUT2D eigenvalue weighted by Crippen LogP contribution is 2.16. The summed E-state index contributed by atoms with van der Waals surface area (Å²) in [5, 5.41) is 0. The number of hydrogen-bond acceptors (Lipinski definition) is 4. The second-order valence-corrected chi connectivity index (χ2v) is 4.83. The maximum absolute atomic E-state index is 12.4. The lowest BCUT2D eigenvalue weighted by molar-refractivity contribution is 0.0786. The largest absolute Gasteiger partial charge is 0.357 e. The van der Waals surface area contributed by atoms with E-state index < -0.39 is 0 Å². The lowest BCUT2D eigenvalue weighted by Gasteiger charge is -2.21. The summed E-state index contributed by atoms with van der Waals surface area (Å²) in [7, 11) is 0. The summed E-state index contributed by atoms with van der Waals surface area (Å²) in [5.74, 6) is 1.54. The van der Waals surface area contributed by atoms with Crippen LogP contribution in [0.1, 0.15) is 43.0 Å². The SMILES string of the molecule is CCN(CC)c1cc(C(=O)N2CCCC2)nc(C)n1. The standard InChI is InChI=1S/C14H22N4O/c1-4-17(5-2)13-10-12(15-11(3)16-13)14(19)18-8-6-7-9-18/h10H,4-9H2,1-3H3. The van der Waals surface area contributed by atoms with E-state index in [1.165, 1.54) is 0 Å². The highest BCUT2D eigenvalue weighted by atomic mass is 16.2. The first-order valence-electron chi connectivity index (χ1n) is 7.05. The number of likely N-dealkylation sites (tertiary alicyclic amines) is 1.